The van der Waals surface area contributed by atoms with Crippen molar-refractivity contribution in [2.75, 3.05) is 24.7 Å². The van der Waals surface area contributed by atoms with Gasteiger partial charge >= 0.3 is 0 Å². The molecule has 1 fully saturated rings. The van der Waals surface area contributed by atoms with Gasteiger partial charge in [0.25, 0.3) is 0 Å². The van der Waals surface area contributed by atoms with Gasteiger partial charge in [0.05, 0.1) is 16.4 Å². The van der Waals surface area contributed by atoms with Crippen molar-refractivity contribution in [3.63, 3.8) is 0 Å². The standard InChI is InChI=1S/C19H23N7OS2/c1-13-20-16(12-29-13)11-25-8-6-14(7-9-25)18(27)21-15-4-3-5-17(10-15)26-19(28-2)22-23-24-26/h3-5,10,12,14H,6-9,11H2,1-2H3,(H,21,27). The summed E-state index contributed by atoms with van der Waals surface area (Å²) >= 11 is 3.16. The quantitative estimate of drug-likeness (QED) is 0.603. The fourth-order valence-electron chi connectivity index (χ4n) is 3.49. The predicted molar refractivity (Wildman–Crippen MR) is 114 cm³/mol. The van der Waals surface area contributed by atoms with Crippen molar-refractivity contribution in [1.29, 1.82) is 0 Å². The molecule has 0 spiro atoms. The molecule has 8 nitrogen and oxygen atoms in total. The van der Waals surface area contributed by atoms with Gasteiger partial charge in [-0.1, -0.05) is 17.8 Å². The van der Waals surface area contributed by atoms with Gasteiger partial charge in [0.1, 0.15) is 0 Å². The SMILES string of the molecule is CSc1nnnn1-c1cccc(NC(=O)C2CCN(Cc3csc(C)n3)CC2)c1. The molecule has 4 rings (SSSR count). The van der Waals surface area contributed by atoms with E-state index in [9.17, 15) is 4.79 Å². The first-order valence-electron chi connectivity index (χ1n) is 9.49. The highest BCUT2D eigenvalue weighted by Gasteiger charge is 2.25. The molecule has 1 N–H and O–H groups in total. The van der Waals surface area contributed by atoms with Crippen LogP contribution in [-0.2, 0) is 11.3 Å². The molecule has 3 heterocycles. The van der Waals surface area contributed by atoms with E-state index >= 15 is 0 Å². The molecule has 0 bridgehead atoms. The van der Waals surface area contributed by atoms with Crippen LogP contribution in [0.15, 0.2) is 34.8 Å². The largest absolute Gasteiger partial charge is 0.326 e. The van der Waals surface area contributed by atoms with Gasteiger partial charge in [-0.15, -0.1) is 16.4 Å². The lowest BCUT2D eigenvalue weighted by Crippen LogP contribution is -2.37. The summed E-state index contributed by atoms with van der Waals surface area (Å²) in [7, 11) is 0. The highest BCUT2D eigenvalue weighted by Crippen LogP contribution is 2.23. The molecule has 0 aliphatic carbocycles. The number of nitrogens with zero attached hydrogens (tertiary/aromatic N) is 6. The number of nitrogens with one attached hydrogen (secondary N) is 1. The van der Waals surface area contributed by atoms with Crippen LogP contribution >= 0.6 is 23.1 Å². The van der Waals surface area contributed by atoms with E-state index in [1.54, 1.807) is 16.0 Å². The normalized spacial score (nSPS) is 15.5. The Morgan fingerprint density at radius 1 is 1.34 bits per heavy atom. The summed E-state index contributed by atoms with van der Waals surface area (Å²) in [6, 6.07) is 7.61. The van der Waals surface area contributed by atoms with Gasteiger partial charge in [-0.2, -0.15) is 4.68 Å². The zero-order chi connectivity index (χ0) is 20.2. The number of piperidine rings is 1. The van der Waals surface area contributed by atoms with E-state index in [2.05, 4.69) is 36.1 Å². The summed E-state index contributed by atoms with van der Waals surface area (Å²) in [6.45, 7) is 4.72. The van der Waals surface area contributed by atoms with Crippen LogP contribution in [0.3, 0.4) is 0 Å². The molecular weight excluding hydrogens is 406 g/mol. The zero-order valence-electron chi connectivity index (χ0n) is 16.4. The van der Waals surface area contributed by atoms with Gasteiger partial charge in [-0.25, -0.2) is 4.98 Å². The van der Waals surface area contributed by atoms with E-state index in [1.807, 2.05) is 37.4 Å². The number of carbonyl (C=O) groups excluding carboxylic acids is 1. The first kappa shape index (κ1) is 20.0. The van der Waals surface area contributed by atoms with Crippen LogP contribution in [0.2, 0.25) is 0 Å². The molecule has 0 unspecified atom stereocenters. The van der Waals surface area contributed by atoms with Crippen molar-refractivity contribution in [3.8, 4) is 5.69 Å². The van der Waals surface area contributed by atoms with Crippen LogP contribution in [0.25, 0.3) is 5.69 Å². The maximum atomic E-state index is 12.8. The highest BCUT2D eigenvalue weighted by molar-refractivity contribution is 7.98. The number of likely N-dealkylation sites (tertiary alicyclic amines) is 1. The third-order valence-corrected chi connectivity index (χ3v) is 6.43. The minimum Gasteiger partial charge on any atom is -0.326 e. The topological polar surface area (TPSA) is 88.8 Å². The number of anilines is 1. The number of carbonyl (C=O) groups is 1. The number of amides is 1. The van der Waals surface area contributed by atoms with Gasteiger partial charge in [0, 0.05) is 23.5 Å². The maximum Gasteiger partial charge on any atom is 0.227 e. The predicted octanol–water partition coefficient (Wildman–Crippen LogP) is 3.00. The van der Waals surface area contributed by atoms with E-state index in [0.717, 1.165) is 54.6 Å². The van der Waals surface area contributed by atoms with Gasteiger partial charge in [0.15, 0.2) is 0 Å². The zero-order valence-corrected chi connectivity index (χ0v) is 18.0. The third-order valence-electron chi connectivity index (χ3n) is 4.99. The average Bonchev–Trinajstić information content (AvgIpc) is 3.37. The lowest BCUT2D eigenvalue weighted by Gasteiger charge is -2.30. The van der Waals surface area contributed by atoms with Crippen LogP contribution in [0, 0.1) is 12.8 Å². The number of rotatable bonds is 6. The Hall–Kier alpha value is -2.30. The molecule has 2 aromatic heterocycles. The molecule has 10 heteroatoms. The van der Waals surface area contributed by atoms with Gasteiger partial charge < -0.3 is 5.32 Å². The van der Waals surface area contributed by atoms with Gasteiger partial charge in [-0.05, 0) is 67.7 Å². The molecule has 1 aliphatic heterocycles. The monoisotopic (exact) mass is 429 g/mol. The molecule has 3 aromatic rings. The number of hydrogen-bond acceptors (Lipinski definition) is 8. The van der Waals surface area contributed by atoms with E-state index < -0.39 is 0 Å². The summed E-state index contributed by atoms with van der Waals surface area (Å²) in [5.74, 6) is 0.106. The number of aromatic nitrogens is 5. The molecule has 0 radical (unpaired) electrons. The fraction of sp³-hybridized carbons (Fsp3) is 0.421. The average molecular weight is 430 g/mol. The van der Waals surface area contributed by atoms with E-state index in [0.29, 0.717) is 5.16 Å². The second-order valence-electron chi connectivity index (χ2n) is 7.03. The number of thiazole rings is 1. The van der Waals surface area contributed by atoms with Crippen LogP contribution in [-0.4, -0.2) is 55.3 Å². The number of hydrogen-bond donors (Lipinski definition) is 1. The van der Waals surface area contributed by atoms with Crippen molar-refractivity contribution >= 4 is 34.7 Å². The number of thioether (sulfide) groups is 1. The van der Waals surface area contributed by atoms with E-state index in [4.69, 9.17) is 0 Å². The molecule has 1 amide bonds. The second-order valence-corrected chi connectivity index (χ2v) is 8.86. The minimum atomic E-state index is 0.0295. The Balaban J connectivity index is 1.34. The lowest BCUT2D eigenvalue weighted by molar-refractivity contribution is -0.121. The molecule has 1 aliphatic rings. The number of tetrazole rings is 1. The van der Waals surface area contributed by atoms with Crippen molar-refractivity contribution in [2.24, 2.45) is 5.92 Å². The van der Waals surface area contributed by atoms with Crippen LogP contribution in [0.5, 0.6) is 0 Å². The first-order valence-corrected chi connectivity index (χ1v) is 11.6. The Kier molecular flexibility index (Phi) is 6.22. The van der Waals surface area contributed by atoms with Gasteiger partial charge in [0.2, 0.25) is 11.1 Å². The Morgan fingerprint density at radius 3 is 2.90 bits per heavy atom. The molecule has 29 heavy (non-hydrogen) atoms. The van der Waals surface area contributed by atoms with Crippen molar-refractivity contribution in [1.82, 2.24) is 30.1 Å². The van der Waals surface area contributed by atoms with Crippen molar-refractivity contribution < 1.29 is 4.79 Å². The molecule has 1 saturated heterocycles. The van der Waals surface area contributed by atoms with Crippen LogP contribution in [0.4, 0.5) is 5.69 Å². The fourth-order valence-corrected chi connectivity index (χ4v) is 4.53. The van der Waals surface area contributed by atoms with Crippen LogP contribution in [0.1, 0.15) is 23.5 Å². The number of benzene rings is 1. The maximum absolute atomic E-state index is 12.8. The second kappa shape index (κ2) is 9.02. The summed E-state index contributed by atoms with van der Waals surface area (Å²) in [5.41, 5.74) is 2.71. The first-order chi connectivity index (χ1) is 14.1. The molecule has 0 atom stereocenters. The summed E-state index contributed by atoms with van der Waals surface area (Å²) < 4.78 is 1.67. The summed E-state index contributed by atoms with van der Waals surface area (Å²) in [6.07, 6.45) is 3.65. The lowest BCUT2D eigenvalue weighted by atomic mass is 9.95. The van der Waals surface area contributed by atoms with Crippen molar-refractivity contribution in [3.05, 3.63) is 40.3 Å². The van der Waals surface area contributed by atoms with Gasteiger partial charge in [-0.3, -0.25) is 9.69 Å². The Labute approximate surface area is 177 Å². The molecular formula is C19H23N7OS2. The highest BCUT2D eigenvalue weighted by atomic mass is 32.2. The van der Waals surface area contributed by atoms with E-state index in [-0.39, 0.29) is 11.8 Å². The third kappa shape index (κ3) is 4.82. The molecule has 0 saturated carbocycles. The summed E-state index contributed by atoms with van der Waals surface area (Å²) in [4.78, 5) is 19.7. The van der Waals surface area contributed by atoms with E-state index in [1.165, 1.54) is 11.8 Å². The summed E-state index contributed by atoms with van der Waals surface area (Å²) in [5, 5.41) is 18.7. The minimum absolute atomic E-state index is 0.0295. The smallest absolute Gasteiger partial charge is 0.227 e. The number of aryl methyl sites for hydroxylation is 1. The van der Waals surface area contributed by atoms with Crippen LogP contribution < -0.4 is 5.32 Å². The Bertz CT molecular complexity index is 978. The molecule has 1 aromatic carbocycles. The van der Waals surface area contributed by atoms with Crippen molar-refractivity contribution in [2.45, 2.75) is 31.5 Å². The molecule has 152 valence electrons. The Morgan fingerprint density at radius 2 is 2.17 bits per heavy atom.